The molecule has 0 aliphatic carbocycles. The molecule has 90 valence electrons. The number of rotatable bonds is 2. The number of nitrogens with zero attached hydrogens (tertiary/aromatic N) is 4. The Labute approximate surface area is 109 Å². The van der Waals surface area contributed by atoms with Gasteiger partial charge in [0.25, 0.3) is 0 Å². The zero-order valence-electron chi connectivity index (χ0n) is 9.64. The number of fused-ring (bicyclic) bond motifs is 1. The van der Waals surface area contributed by atoms with Crippen molar-refractivity contribution in [2.24, 2.45) is 0 Å². The molecule has 2 aromatic heterocycles. The van der Waals surface area contributed by atoms with Gasteiger partial charge >= 0.3 is 0 Å². The number of piperidine rings is 1. The highest BCUT2D eigenvalue weighted by Crippen LogP contribution is 2.14. The molecule has 2 aromatic rings. The first-order valence-corrected chi connectivity index (χ1v) is 6.84. The van der Waals surface area contributed by atoms with Gasteiger partial charge in [0, 0.05) is 10.7 Å². The lowest BCUT2D eigenvalue weighted by Gasteiger charge is -2.24. The fraction of sp³-hybridized carbons (Fsp3) is 0.500. The summed E-state index contributed by atoms with van der Waals surface area (Å²) in [6, 6.07) is 3.97. The standard InChI is InChI=1S/C12H15BrN4/c13-10-4-7-17-12(8-10)14-11(15-17)9-16-5-2-1-3-6-16/h4,7-8H,1-3,5-6,9H2. The first-order chi connectivity index (χ1) is 8.31. The van der Waals surface area contributed by atoms with Crippen LogP contribution < -0.4 is 0 Å². The van der Waals surface area contributed by atoms with Gasteiger partial charge in [0.05, 0.1) is 6.54 Å². The summed E-state index contributed by atoms with van der Waals surface area (Å²) < 4.78 is 2.88. The van der Waals surface area contributed by atoms with Crippen molar-refractivity contribution in [3.63, 3.8) is 0 Å². The van der Waals surface area contributed by atoms with Gasteiger partial charge in [-0.05, 0) is 38.1 Å². The smallest absolute Gasteiger partial charge is 0.165 e. The van der Waals surface area contributed by atoms with Crippen LogP contribution in [-0.2, 0) is 6.54 Å². The number of hydrogen-bond donors (Lipinski definition) is 0. The minimum Gasteiger partial charge on any atom is -0.296 e. The molecule has 5 heteroatoms. The van der Waals surface area contributed by atoms with E-state index >= 15 is 0 Å². The Balaban J connectivity index is 1.80. The molecule has 0 bridgehead atoms. The van der Waals surface area contributed by atoms with Crippen LogP contribution in [0.3, 0.4) is 0 Å². The summed E-state index contributed by atoms with van der Waals surface area (Å²) in [5, 5.41) is 4.49. The van der Waals surface area contributed by atoms with Crippen LogP contribution in [0, 0.1) is 0 Å². The first-order valence-electron chi connectivity index (χ1n) is 6.04. The lowest BCUT2D eigenvalue weighted by molar-refractivity contribution is 0.216. The van der Waals surface area contributed by atoms with E-state index in [0.717, 1.165) is 22.5 Å². The summed E-state index contributed by atoms with van der Waals surface area (Å²) in [5.41, 5.74) is 0.909. The summed E-state index contributed by atoms with van der Waals surface area (Å²) in [5.74, 6) is 0.921. The average Bonchev–Trinajstić information content (AvgIpc) is 2.71. The van der Waals surface area contributed by atoms with E-state index in [1.165, 1.54) is 32.4 Å². The third-order valence-corrected chi connectivity index (χ3v) is 3.65. The van der Waals surface area contributed by atoms with Crippen molar-refractivity contribution in [1.82, 2.24) is 19.5 Å². The molecule has 1 aliphatic heterocycles. The maximum atomic E-state index is 4.55. The van der Waals surface area contributed by atoms with E-state index in [9.17, 15) is 0 Å². The van der Waals surface area contributed by atoms with E-state index in [1.807, 2.05) is 22.8 Å². The van der Waals surface area contributed by atoms with Crippen LogP contribution in [0.5, 0.6) is 0 Å². The summed E-state index contributed by atoms with van der Waals surface area (Å²) in [4.78, 5) is 6.99. The van der Waals surface area contributed by atoms with Crippen LogP contribution in [-0.4, -0.2) is 32.6 Å². The number of halogens is 1. The van der Waals surface area contributed by atoms with Crippen molar-refractivity contribution in [1.29, 1.82) is 0 Å². The van der Waals surface area contributed by atoms with Gasteiger partial charge < -0.3 is 0 Å². The molecular formula is C12H15BrN4. The van der Waals surface area contributed by atoms with Gasteiger partial charge in [-0.3, -0.25) is 4.90 Å². The molecule has 0 atom stereocenters. The van der Waals surface area contributed by atoms with Crippen molar-refractivity contribution in [3.05, 3.63) is 28.6 Å². The molecule has 0 N–H and O–H groups in total. The second kappa shape index (κ2) is 4.74. The molecule has 4 nitrogen and oxygen atoms in total. The molecule has 3 heterocycles. The molecule has 0 unspecified atom stereocenters. The SMILES string of the molecule is Brc1ccn2nc(CN3CCCCC3)nc2c1. The molecule has 0 spiro atoms. The van der Waals surface area contributed by atoms with Crippen molar-refractivity contribution in [3.8, 4) is 0 Å². The Hall–Kier alpha value is -0.940. The molecule has 1 fully saturated rings. The largest absolute Gasteiger partial charge is 0.296 e. The van der Waals surface area contributed by atoms with Gasteiger partial charge in [-0.1, -0.05) is 22.4 Å². The topological polar surface area (TPSA) is 33.4 Å². The first kappa shape index (κ1) is 11.2. The van der Waals surface area contributed by atoms with Crippen molar-refractivity contribution >= 4 is 21.6 Å². The highest BCUT2D eigenvalue weighted by atomic mass is 79.9. The molecule has 0 saturated carbocycles. The molecule has 17 heavy (non-hydrogen) atoms. The molecule has 0 radical (unpaired) electrons. The minimum absolute atomic E-state index is 0.874. The monoisotopic (exact) mass is 294 g/mol. The average molecular weight is 295 g/mol. The lowest BCUT2D eigenvalue weighted by atomic mass is 10.1. The molecule has 1 aliphatic rings. The fourth-order valence-corrected chi connectivity index (χ4v) is 2.61. The Kier molecular flexibility index (Phi) is 3.11. The number of hydrogen-bond acceptors (Lipinski definition) is 3. The van der Waals surface area contributed by atoms with Crippen LogP contribution in [0.2, 0.25) is 0 Å². The van der Waals surface area contributed by atoms with E-state index in [4.69, 9.17) is 0 Å². The van der Waals surface area contributed by atoms with Crippen LogP contribution in [0.25, 0.3) is 5.65 Å². The van der Waals surface area contributed by atoms with E-state index in [-0.39, 0.29) is 0 Å². The van der Waals surface area contributed by atoms with Crippen LogP contribution in [0.4, 0.5) is 0 Å². The number of aromatic nitrogens is 3. The lowest BCUT2D eigenvalue weighted by Crippen LogP contribution is -2.29. The molecule has 1 saturated heterocycles. The highest BCUT2D eigenvalue weighted by molar-refractivity contribution is 9.10. The quantitative estimate of drug-likeness (QED) is 0.853. The van der Waals surface area contributed by atoms with Gasteiger partial charge in [-0.2, -0.15) is 0 Å². The Morgan fingerprint density at radius 3 is 2.88 bits per heavy atom. The zero-order chi connectivity index (χ0) is 11.7. The van der Waals surface area contributed by atoms with Crippen molar-refractivity contribution in [2.45, 2.75) is 25.8 Å². The van der Waals surface area contributed by atoms with Crippen molar-refractivity contribution < 1.29 is 0 Å². The molecule has 3 rings (SSSR count). The predicted molar refractivity (Wildman–Crippen MR) is 69.8 cm³/mol. The summed E-state index contributed by atoms with van der Waals surface area (Å²) >= 11 is 3.45. The van der Waals surface area contributed by atoms with Gasteiger partial charge in [0.1, 0.15) is 0 Å². The van der Waals surface area contributed by atoms with E-state index in [0.29, 0.717) is 0 Å². The Morgan fingerprint density at radius 2 is 2.06 bits per heavy atom. The van der Waals surface area contributed by atoms with E-state index in [2.05, 4.69) is 30.9 Å². The summed E-state index contributed by atoms with van der Waals surface area (Å²) in [6.45, 7) is 3.23. The maximum Gasteiger partial charge on any atom is 0.165 e. The van der Waals surface area contributed by atoms with Gasteiger partial charge in [0.2, 0.25) is 0 Å². The molecular weight excluding hydrogens is 280 g/mol. The third-order valence-electron chi connectivity index (χ3n) is 3.16. The number of likely N-dealkylation sites (tertiary alicyclic amines) is 1. The summed E-state index contributed by atoms with van der Waals surface area (Å²) in [6.07, 6.45) is 5.91. The van der Waals surface area contributed by atoms with E-state index in [1.54, 1.807) is 0 Å². The molecule has 0 amide bonds. The van der Waals surface area contributed by atoms with Crippen LogP contribution in [0.15, 0.2) is 22.8 Å². The second-order valence-corrected chi connectivity index (χ2v) is 5.43. The van der Waals surface area contributed by atoms with Gasteiger partial charge in [-0.15, -0.1) is 5.10 Å². The van der Waals surface area contributed by atoms with Crippen LogP contribution >= 0.6 is 15.9 Å². The van der Waals surface area contributed by atoms with Crippen LogP contribution in [0.1, 0.15) is 25.1 Å². The second-order valence-electron chi connectivity index (χ2n) is 4.51. The molecule has 0 aromatic carbocycles. The zero-order valence-corrected chi connectivity index (χ0v) is 11.2. The van der Waals surface area contributed by atoms with Gasteiger partial charge in [0.15, 0.2) is 11.5 Å². The third kappa shape index (κ3) is 2.50. The minimum atomic E-state index is 0.874. The van der Waals surface area contributed by atoms with Gasteiger partial charge in [-0.25, -0.2) is 9.50 Å². The van der Waals surface area contributed by atoms with Crippen molar-refractivity contribution in [2.75, 3.05) is 13.1 Å². The maximum absolute atomic E-state index is 4.55. The highest BCUT2D eigenvalue weighted by Gasteiger charge is 2.13. The Morgan fingerprint density at radius 1 is 1.24 bits per heavy atom. The summed E-state index contributed by atoms with van der Waals surface area (Å²) in [7, 11) is 0. The Bertz CT molecular complexity index is 516. The number of pyridine rings is 1. The normalized spacial score (nSPS) is 17.7. The predicted octanol–water partition coefficient (Wildman–Crippen LogP) is 2.48. The fourth-order valence-electron chi connectivity index (χ4n) is 2.29. The van der Waals surface area contributed by atoms with E-state index < -0.39 is 0 Å².